The highest BCUT2D eigenvalue weighted by molar-refractivity contribution is 7.91. The molecule has 9 heteroatoms. The third-order valence-electron chi connectivity index (χ3n) is 6.27. The molecule has 0 radical (unpaired) electrons. The van der Waals surface area contributed by atoms with Crippen LogP contribution in [0, 0.1) is 19.3 Å². The Kier molecular flexibility index (Phi) is 5.18. The molecule has 4 heterocycles. The first-order valence-electron chi connectivity index (χ1n) is 10.8. The maximum absolute atomic E-state index is 13.6. The second kappa shape index (κ2) is 7.93. The van der Waals surface area contributed by atoms with Crippen LogP contribution in [0.25, 0.3) is 16.7 Å². The van der Waals surface area contributed by atoms with Gasteiger partial charge in [0, 0.05) is 12.8 Å². The molecule has 1 saturated heterocycles. The van der Waals surface area contributed by atoms with Gasteiger partial charge in [0.2, 0.25) is 9.84 Å². The van der Waals surface area contributed by atoms with Crippen molar-refractivity contribution in [3.63, 3.8) is 0 Å². The van der Waals surface area contributed by atoms with Gasteiger partial charge in [0.05, 0.1) is 22.9 Å². The molecule has 0 amide bonds. The quantitative estimate of drug-likeness (QED) is 0.468. The molecule has 0 bridgehead atoms. The van der Waals surface area contributed by atoms with Gasteiger partial charge in [-0.1, -0.05) is 12.1 Å². The van der Waals surface area contributed by atoms with Crippen molar-refractivity contribution in [3.8, 4) is 0 Å². The van der Waals surface area contributed by atoms with Gasteiger partial charge in [-0.05, 0) is 68.1 Å². The molecule has 0 saturated carbocycles. The molecule has 1 fully saturated rings. The number of hydrogen-bond donors (Lipinski definition) is 1. The minimum Gasteiger partial charge on any atom is -0.376 e. The highest BCUT2D eigenvalue weighted by Crippen LogP contribution is 2.24. The van der Waals surface area contributed by atoms with Gasteiger partial charge in [-0.3, -0.25) is 14.6 Å². The first-order valence-corrected chi connectivity index (χ1v) is 12.3. The van der Waals surface area contributed by atoms with Crippen molar-refractivity contribution < 1.29 is 13.2 Å². The lowest BCUT2D eigenvalue weighted by Gasteiger charge is -2.18. The Morgan fingerprint density at radius 2 is 1.97 bits per heavy atom. The van der Waals surface area contributed by atoms with Gasteiger partial charge in [0.1, 0.15) is 21.7 Å². The summed E-state index contributed by atoms with van der Waals surface area (Å²) in [6.45, 7) is 4.62. The summed E-state index contributed by atoms with van der Waals surface area (Å²) in [5.74, 6) is 0. The molecule has 8 nitrogen and oxygen atoms in total. The lowest BCUT2D eigenvalue weighted by atomic mass is 10.1. The summed E-state index contributed by atoms with van der Waals surface area (Å²) in [5, 5.41) is 9.00. The van der Waals surface area contributed by atoms with Gasteiger partial charge in [-0.2, -0.15) is 0 Å². The van der Waals surface area contributed by atoms with Crippen molar-refractivity contribution in [3.05, 3.63) is 75.6 Å². The molecule has 1 aliphatic rings. The summed E-state index contributed by atoms with van der Waals surface area (Å²) in [7, 11) is -4.05. The minimum atomic E-state index is -4.05. The number of aromatic nitrogens is 3. The Labute approximate surface area is 190 Å². The van der Waals surface area contributed by atoms with Crippen LogP contribution in [-0.4, -0.2) is 35.1 Å². The molecule has 0 unspecified atom stereocenters. The lowest BCUT2D eigenvalue weighted by molar-refractivity contribution is 0.0965. The summed E-state index contributed by atoms with van der Waals surface area (Å²) in [4.78, 5) is 17.8. The predicted octanol–water partition coefficient (Wildman–Crippen LogP) is 2.76. The summed E-state index contributed by atoms with van der Waals surface area (Å²) in [5.41, 5.74) is 1.94. The first-order chi connectivity index (χ1) is 15.8. The van der Waals surface area contributed by atoms with E-state index in [0.29, 0.717) is 12.3 Å². The smallest absolute Gasteiger partial charge is 0.267 e. The summed E-state index contributed by atoms with van der Waals surface area (Å²) >= 11 is 0. The minimum absolute atomic E-state index is 0.0935. The molecular weight excluding hydrogens is 440 g/mol. The van der Waals surface area contributed by atoms with E-state index in [4.69, 9.17) is 10.1 Å². The van der Waals surface area contributed by atoms with Gasteiger partial charge >= 0.3 is 0 Å². The fourth-order valence-corrected chi connectivity index (χ4v) is 5.71. The molecule has 3 aromatic heterocycles. The van der Waals surface area contributed by atoms with Crippen LogP contribution in [0.5, 0.6) is 0 Å². The fraction of sp³-hybridized carbons (Fsp3) is 0.292. The molecule has 5 rings (SSSR count). The average Bonchev–Trinajstić information content (AvgIpc) is 3.31. The van der Waals surface area contributed by atoms with Crippen LogP contribution in [0.15, 0.2) is 63.2 Å². The number of benzene rings is 1. The number of pyridine rings is 2. The van der Waals surface area contributed by atoms with E-state index in [1.54, 1.807) is 36.5 Å². The number of ether oxygens (including phenoxy) is 1. The summed E-state index contributed by atoms with van der Waals surface area (Å²) in [6, 6.07) is 11.4. The summed E-state index contributed by atoms with van der Waals surface area (Å²) < 4.78 is 35.9. The van der Waals surface area contributed by atoms with Crippen LogP contribution in [0.2, 0.25) is 0 Å². The molecule has 0 aliphatic carbocycles. The second-order valence-corrected chi connectivity index (χ2v) is 10.4. The van der Waals surface area contributed by atoms with Crippen LogP contribution in [0.1, 0.15) is 24.0 Å². The van der Waals surface area contributed by atoms with Crippen molar-refractivity contribution in [2.45, 2.75) is 49.1 Å². The van der Waals surface area contributed by atoms with Gasteiger partial charge in [-0.15, -0.1) is 0 Å². The van der Waals surface area contributed by atoms with Gasteiger partial charge in [0.25, 0.3) is 5.56 Å². The zero-order valence-electron chi connectivity index (χ0n) is 18.4. The Morgan fingerprint density at radius 3 is 2.70 bits per heavy atom. The topological polar surface area (TPSA) is 107 Å². The van der Waals surface area contributed by atoms with Crippen molar-refractivity contribution in [2.75, 3.05) is 6.61 Å². The lowest BCUT2D eigenvalue weighted by Crippen LogP contribution is -2.33. The zero-order chi connectivity index (χ0) is 23.3. The van der Waals surface area contributed by atoms with E-state index < -0.39 is 9.84 Å². The van der Waals surface area contributed by atoms with Crippen LogP contribution < -0.4 is 11.0 Å². The van der Waals surface area contributed by atoms with E-state index in [0.717, 1.165) is 24.0 Å². The van der Waals surface area contributed by atoms with E-state index in [1.165, 1.54) is 21.1 Å². The highest BCUT2D eigenvalue weighted by atomic mass is 32.2. The number of nitrogens with one attached hydrogen (secondary N) is 1. The number of rotatable bonds is 4. The number of sulfone groups is 1. The standard InChI is InChI=1S/C24H24N4O4S/c1-15-8-9-18(12-16(15)2)33(30,31)20-13-19-23(26-21-7-3-4-10-27(21)24(19)29)28(22(20)25)14-17-6-5-11-32-17/h3-4,7-10,12-13,17,25H,5-6,11,14H2,1-2H3/t17-/m1/s1. The Hall–Kier alpha value is -3.30. The summed E-state index contributed by atoms with van der Waals surface area (Å²) in [6.07, 6.45) is 3.13. The Morgan fingerprint density at radius 1 is 1.15 bits per heavy atom. The monoisotopic (exact) mass is 464 g/mol. The van der Waals surface area contributed by atoms with Crippen molar-refractivity contribution in [2.24, 2.45) is 0 Å². The number of nitrogens with zero attached hydrogens (tertiary/aromatic N) is 3. The van der Waals surface area contributed by atoms with E-state index in [1.807, 2.05) is 13.8 Å². The molecule has 1 atom stereocenters. The first kappa shape index (κ1) is 21.5. The molecule has 4 aromatic rings. The fourth-order valence-electron chi connectivity index (χ4n) is 4.24. The molecule has 33 heavy (non-hydrogen) atoms. The SMILES string of the molecule is Cc1ccc(S(=O)(=O)c2cc3c(=O)n4ccccc4nc3n(C[C@H]3CCCO3)c2=N)cc1C. The number of hydrogen-bond acceptors (Lipinski definition) is 6. The Balaban J connectivity index is 1.84. The number of aryl methyl sites for hydroxylation is 2. The van der Waals surface area contributed by atoms with Crippen LogP contribution in [0.3, 0.4) is 0 Å². The van der Waals surface area contributed by atoms with E-state index in [2.05, 4.69) is 4.98 Å². The normalized spacial score (nSPS) is 16.6. The third kappa shape index (κ3) is 3.57. The molecule has 170 valence electrons. The van der Waals surface area contributed by atoms with E-state index in [-0.39, 0.29) is 44.5 Å². The maximum atomic E-state index is 13.6. The molecular formula is C24H24N4O4S. The second-order valence-electron chi connectivity index (χ2n) is 8.44. The van der Waals surface area contributed by atoms with Gasteiger partial charge in [-0.25, -0.2) is 13.4 Å². The van der Waals surface area contributed by atoms with Gasteiger partial charge < -0.3 is 9.30 Å². The van der Waals surface area contributed by atoms with Crippen molar-refractivity contribution in [1.29, 1.82) is 5.41 Å². The van der Waals surface area contributed by atoms with Crippen LogP contribution in [0.4, 0.5) is 0 Å². The zero-order valence-corrected chi connectivity index (χ0v) is 19.2. The van der Waals surface area contributed by atoms with Crippen LogP contribution >= 0.6 is 0 Å². The van der Waals surface area contributed by atoms with E-state index in [9.17, 15) is 13.2 Å². The number of fused-ring (bicyclic) bond motifs is 2. The average molecular weight is 465 g/mol. The maximum Gasteiger partial charge on any atom is 0.267 e. The van der Waals surface area contributed by atoms with E-state index >= 15 is 0 Å². The predicted molar refractivity (Wildman–Crippen MR) is 123 cm³/mol. The molecule has 1 aromatic carbocycles. The molecule has 1 N–H and O–H groups in total. The highest BCUT2D eigenvalue weighted by Gasteiger charge is 2.26. The Bertz CT molecular complexity index is 1630. The molecule has 1 aliphatic heterocycles. The molecule has 0 spiro atoms. The van der Waals surface area contributed by atoms with Gasteiger partial charge in [0.15, 0.2) is 0 Å². The van der Waals surface area contributed by atoms with Crippen molar-refractivity contribution in [1.82, 2.24) is 14.0 Å². The largest absolute Gasteiger partial charge is 0.376 e. The van der Waals surface area contributed by atoms with Crippen molar-refractivity contribution >= 4 is 26.5 Å². The third-order valence-corrected chi connectivity index (χ3v) is 8.04. The van der Waals surface area contributed by atoms with Crippen LogP contribution in [-0.2, 0) is 21.1 Å².